The summed E-state index contributed by atoms with van der Waals surface area (Å²) in [5, 5.41) is 5.34. The van der Waals surface area contributed by atoms with Gasteiger partial charge in [0, 0.05) is 29.0 Å². The first-order chi connectivity index (χ1) is 8.47. The number of thiophene rings is 1. The maximum absolute atomic E-state index is 11.4. The van der Waals surface area contributed by atoms with Crippen molar-refractivity contribution in [2.45, 2.75) is 26.2 Å². The highest BCUT2D eigenvalue weighted by Gasteiger charge is 2.21. The summed E-state index contributed by atoms with van der Waals surface area (Å²) in [6.07, 6.45) is 0. The van der Waals surface area contributed by atoms with Gasteiger partial charge in [-0.15, -0.1) is 11.3 Å². The van der Waals surface area contributed by atoms with Gasteiger partial charge in [-0.05, 0) is 18.4 Å². The van der Waals surface area contributed by atoms with Gasteiger partial charge in [-0.1, -0.05) is 26.5 Å². The van der Waals surface area contributed by atoms with Crippen molar-refractivity contribution in [3.05, 3.63) is 34.5 Å². The Hall–Kier alpha value is -1.13. The van der Waals surface area contributed by atoms with Crippen molar-refractivity contribution in [1.82, 2.24) is 5.32 Å². The predicted octanol–water partition coefficient (Wildman–Crippen LogP) is 2.73. The van der Waals surface area contributed by atoms with Gasteiger partial charge in [0.1, 0.15) is 0 Å². The lowest BCUT2D eigenvalue weighted by Crippen LogP contribution is -2.34. The molecular weight excluding hydrogens is 246 g/mol. The van der Waals surface area contributed by atoms with E-state index >= 15 is 0 Å². The number of hydrogen-bond donors (Lipinski definition) is 1. The zero-order valence-electron chi connectivity index (χ0n) is 11.3. The third kappa shape index (κ3) is 4.27. The summed E-state index contributed by atoms with van der Waals surface area (Å²) in [7, 11) is 0. The Morgan fingerprint density at radius 2 is 2.28 bits per heavy atom. The Balaban J connectivity index is 2.38. The van der Waals surface area contributed by atoms with Gasteiger partial charge < -0.3 is 10.1 Å². The van der Waals surface area contributed by atoms with Crippen molar-refractivity contribution in [3.63, 3.8) is 0 Å². The van der Waals surface area contributed by atoms with Crippen LogP contribution >= 0.6 is 11.3 Å². The zero-order valence-corrected chi connectivity index (χ0v) is 12.1. The van der Waals surface area contributed by atoms with E-state index in [9.17, 15) is 4.79 Å². The third-order valence-electron chi connectivity index (χ3n) is 2.66. The van der Waals surface area contributed by atoms with Gasteiger partial charge in [0.15, 0.2) is 0 Å². The molecule has 1 heterocycles. The molecule has 0 saturated heterocycles. The SMILES string of the molecule is C=C(CNCC(C)(C)c1cccs1)C(=O)OCC. The maximum Gasteiger partial charge on any atom is 0.334 e. The first kappa shape index (κ1) is 14.9. The zero-order chi connectivity index (χ0) is 13.6. The molecule has 0 spiro atoms. The summed E-state index contributed by atoms with van der Waals surface area (Å²) < 4.78 is 4.88. The average Bonchev–Trinajstić information content (AvgIpc) is 2.83. The Morgan fingerprint density at radius 1 is 1.56 bits per heavy atom. The van der Waals surface area contributed by atoms with E-state index in [4.69, 9.17) is 4.74 Å². The molecule has 0 unspecified atom stereocenters. The van der Waals surface area contributed by atoms with Gasteiger partial charge in [0.25, 0.3) is 0 Å². The Morgan fingerprint density at radius 3 is 2.83 bits per heavy atom. The minimum Gasteiger partial charge on any atom is -0.463 e. The van der Waals surface area contributed by atoms with Crippen molar-refractivity contribution >= 4 is 17.3 Å². The second-order valence-electron chi connectivity index (χ2n) is 4.79. The van der Waals surface area contributed by atoms with E-state index in [1.54, 1.807) is 18.3 Å². The topological polar surface area (TPSA) is 38.3 Å². The number of carbonyl (C=O) groups is 1. The normalized spacial score (nSPS) is 11.3. The molecule has 100 valence electrons. The minimum atomic E-state index is -0.320. The average molecular weight is 267 g/mol. The molecule has 0 aliphatic carbocycles. The molecule has 0 atom stereocenters. The molecule has 18 heavy (non-hydrogen) atoms. The number of rotatable bonds is 7. The van der Waals surface area contributed by atoms with Crippen LogP contribution in [0.4, 0.5) is 0 Å². The lowest BCUT2D eigenvalue weighted by atomic mass is 9.91. The van der Waals surface area contributed by atoms with E-state index < -0.39 is 0 Å². The van der Waals surface area contributed by atoms with Gasteiger partial charge in [-0.2, -0.15) is 0 Å². The smallest absolute Gasteiger partial charge is 0.334 e. The van der Waals surface area contributed by atoms with Crippen molar-refractivity contribution < 1.29 is 9.53 Å². The van der Waals surface area contributed by atoms with Crippen molar-refractivity contribution in [2.75, 3.05) is 19.7 Å². The second-order valence-corrected chi connectivity index (χ2v) is 5.74. The van der Waals surface area contributed by atoms with Gasteiger partial charge in [0.05, 0.1) is 6.61 Å². The van der Waals surface area contributed by atoms with Crippen molar-refractivity contribution in [3.8, 4) is 0 Å². The fraction of sp³-hybridized carbons (Fsp3) is 0.500. The van der Waals surface area contributed by atoms with Gasteiger partial charge in [-0.3, -0.25) is 0 Å². The number of hydrogen-bond acceptors (Lipinski definition) is 4. The largest absolute Gasteiger partial charge is 0.463 e. The predicted molar refractivity (Wildman–Crippen MR) is 76.0 cm³/mol. The van der Waals surface area contributed by atoms with Crippen LogP contribution in [0.5, 0.6) is 0 Å². The molecule has 0 radical (unpaired) electrons. The van der Waals surface area contributed by atoms with E-state index in [0.717, 1.165) is 6.54 Å². The van der Waals surface area contributed by atoms with Crippen LogP contribution in [0.15, 0.2) is 29.7 Å². The van der Waals surface area contributed by atoms with Crippen molar-refractivity contribution in [2.24, 2.45) is 0 Å². The second kappa shape index (κ2) is 6.71. The third-order valence-corrected chi connectivity index (χ3v) is 3.89. The summed E-state index contributed by atoms with van der Waals surface area (Å²) in [5.41, 5.74) is 0.530. The van der Waals surface area contributed by atoms with Gasteiger partial charge in [0.2, 0.25) is 0 Å². The summed E-state index contributed by atoms with van der Waals surface area (Å²) in [6, 6.07) is 4.19. The first-order valence-electron chi connectivity index (χ1n) is 6.07. The van der Waals surface area contributed by atoms with E-state index in [0.29, 0.717) is 18.7 Å². The highest BCUT2D eigenvalue weighted by atomic mass is 32.1. The van der Waals surface area contributed by atoms with Crippen LogP contribution in [0, 0.1) is 0 Å². The Labute approximate surface area is 113 Å². The lowest BCUT2D eigenvalue weighted by Gasteiger charge is -2.23. The van der Waals surface area contributed by atoms with E-state index in [1.165, 1.54) is 4.88 Å². The molecular formula is C14H21NO2S. The standard InChI is InChI=1S/C14H21NO2S/c1-5-17-13(16)11(2)9-15-10-14(3,4)12-7-6-8-18-12/h6-8,15H,2,5,9-10H2,1,3-4H3. The van der Waals surface area contributed by atoms with E-state index in [-0.39, 0.29) is 11.4 Å². The molecule has 1 aromatic rings. The Kier molecular flexibility index (Phi) is 5.56. The van der Waals surface area contributed by atoms with Crippen LogP contribution in [-0.2, 0) is 14.9 Å². The lowest BCUT2D eigenvalue weighted by molar-refractivity contribution is -0.138. The fourth-order valence-corrected chi connectivity index (χ4v) is 2.43. The maximum atomic E-state index is 11.4. The molecule has 0 saturated carbocycles. The van der Waals surface area contributed by atoms with Crippen LogP contribution in [0.25, 0.3) is 0 Å². The van der Waals surface area contributed by atoms with E-state index in [1.807, 2.05) is 0 Å². The molecule has 3 nitrogen and oxygen atoms in total. The van der Waals surface area contributed by atoms with Crippen LogP contribution in [0.2, 0.25) is 0 Å². The molecule has 1 N–H and O–H groups in total. The monoisotopic (exact) mass is 267 g/mol. The van der Waals surface area contributed by atoms with Crippen LogP contribution in [0.1, 0.15) is 25.6 Å². The van der Waals surface area contributed by atoms with Crippen LogP contribution < -0.4 is 5.32 Å². The highest BCUT2D eigenvalue weighted by molar-refractivity contribution is 7.10. The number of esters is 1. The summed E-state index contributed by atoms with van der Waals surface area (Å²) in [5.74, 6) is -0.320. The molecule has 1 aromatic heterocycles. The minimum absolute atomic E-state index is 0.0586. The van der Waals surface area contributed by atoms with Crippen molar-refractivity contribution in [1.29, 1.82) is 0 Å². The number of nitrogens with one attached hydrogen (secondary N) is 1. The Bertz CT molecular complexity index is 396. The highest BCUT2D eigenvalue weighted by Crippen LogP contribution is 2.26. The molecule has 0 aromatic carbocycles. The number of carbonyl (C=O) groups excluding carboxylic acids is 1. The molecule has 0 amide bonds. The van der Waals surface area contributed by atoms with Gasteiger partial charge >= 0.3 is 5.97 Å². The first-order valence-corrected chi connectivity index (χ1v) is 6.95. The molecule has 4 heteroatoms. The van der Waals surface area contributed by atoms with Crippen LogP contribution in [0.3, 0.4) is 0 Å². The number of ether oxygens (including phenoxy) is 1. The molecule has 0 aliphatic heterocycles. The summed E-state index contributed by atoms with van der Waals surface area (Å²) in [6.45, 7) is 11.5. The molecule has 0 aliphatic rings. The quantitative estimate of drug-likeness (QED) is 0.610. The molecule has 0 bridgehead atoms. The molecule has 0 fully saturated rings. The molecule has 1 rings (SSSR count). The fourth-order valence-electron chi connectivity index (χ4n) is 1.58. The summed E-state index contributed by atoms with van der Waals surface area (Å²) >= 11 is 1.75. The van der Waals surface area contributed by atoms with Gasteiger partial charge in [-0.25, -0.2) is 4.79 Å². The van der Waals surface area contributed by atoms with E-state index in [2.05, 4.69) is 43.3 Å². The summed E-state index contributed by atoms with van der Waals surface area (Å²) in [4.78, 5) is 12.7. The van der Waals surface area contributed by atoms with Crippen LogP contribution in [-0.4, -0.2) is 25.7 Å².